The monoisotopic (exact) mass is 342 g/mol. The van der Waals surface area contributed by atoms with Gasteiger partial charge in [0, 0.05) is 25.7 Å². The van der Waals surface area contributed by atoms with Gasteiger partial charge in [0.1, 0.15) is 0 Å². The lowest BCUT2D eigenvalue weighted by Gasteiger charge is -2.49. The summed E-state index contributed by atoms with van der Waals surface area (Å²) in [5.41, 5.74) is 1.26. The average Bonchev–Trinajstić information content (AvgIpc) is 3.49. The fraction of sp³-hybridized carbons (Fsp3) is 0.600. The zero-order valence-electron chi connectivity index (χ0n) is 14.8. The third-order valence-corrected chi connectivity index (χ3v) is 6.17. The summed E-state index contributed by atoms with van der Waals surface area (Å²) in [6, 6.07) is 10.6. The van der Waals surface area contributed by atoms with Crippen molar-refractivity contribution >= 4 is 12.0 Å². The van der Waals surface area contributed by atoms with Crippen LogP contribution in [-0.2, 0) is 9.53 Å². The smallest absolute Gasteiger partial charge is 0.409 e. The number of likely N-dealkylation sites (tertiary alicyclic amines) is 2. The molecule has 0 N–H and O–H groups in total. The maximum atomic E-state index is 13.1. The van der Waals surface area contributed by atoms with Gasteiger partial charge >= 0.3 is 6.09 Å². The van der Waals surface area contributed by atoms with Crippen LogP contribution in [0.1, 0.15) is 43.6 Å². The van der Waals surface area contributed by atoms with Crippen molar-refractivity contribution in [3.63, 3.8) is 0 Å². The zero-order chi connectivity index (χ0) is 17.4. The molecule has 3 fully saturated rings. The van der Waals surface area contributed by atoms with Crippen LogP contribution in [0.15, 0.2) is 30.3 Å². The van der Waals surface area contributed by atoms with Gasteiger partial charge in [-0.2, -0.15) is 0 Å². The number of rotatable bonds is 2. The van der Waals surface area contributed by atoms with Gasteiger partial charge in [0.05, 0.1) is 13.0 Å². The number of hydrogen-bond donors (Lipinski definition) is 0. The first-order chi connectivity index (χ1) is 12.1. The molecule has 0 aromatic heterocycles. The molecule has 2 saturated heterocycles. The summed E-state index contributed by atoms with van der Waals surface area (Å²) in [7, 11) is 1.44. The van der Waals surface area contributed by atoms with Gasteiger partial charge in [-0.1, -0.05) is 30.3 Å². The minimum absolute atomic E-state index is 0.0415. The number of piperidine rings is 2. The lowest BCUT2D eigenvalue weighted by atomic mass is 9.67. The standard InChI is InChI=1S/C20H26N2O3/c1-25-19(24)21-11-9-20(10-12-21)13-17(15-5-3-2-4-6-15)18(23)22(14-20)16-7-8-16/h2-6,16-17H,7-14H2,1H3/t17-/m0/s1. The molecule has 25 heavy (non-hydrogen) atoms. The summed E-state index contributed by atoms with van der Waals surface area (Å²) in [4.78, 5) is 28.8. The first-order valence-electron chi connectivity index (χ1n) is 9.30. The molecule has 5 nitrogen and oxygen atoms in total. The highest BCUT2D eigenvalue weighted by atomic mass is 16.5. The second-order valence-corrected chi connectivity index (χ2v) is 7.82. The van der Waals surface area contributed by atoms with Gasteiger partial charge in [-0.25, -0.2) is 4.79 Å². The summed E-state index contributed by atoms with van der Waals surface area (Å²) in [6.45, 7) is 2.30. The van der Waals surface area contributed by atoms with Crippen LogP contribution >= 0.6 is 0 Å². The van der Waals surface area contributed by atoms with E-state index in [1.165, 1.54) is 7.11 Å². The molecular weight excluding hydrogens is 316 g/mol. The number of carbonyl (C=O) groups excluding carboxylic acids is 2. The van der Waals surface area contributed by atoms with Crippen LogP contribution in [0.4, 0.5) is 4.79 Å². The van der Waals surface area contributed by atoms with Crippen LogP contribution in [0.3, 0.4) is 0 Å². The normalized spacial score (nSPS) is 26.0. The Morgan fingerprint density at radius 1 is 1.16 bits per heavy atom. The lowest BCUT2D eigenvalue weighted by Crippen LogP contribution is -2.55. The van der Waals surface area contributed by atoms with Gasteiger partial charge in [-0.3, -0.25) is 4.79 Å². The Bertz CT molecular complexity index is 648. The van der Waals surface area contributed by atoms with E-state index in [-0.39, 0.29) is 17.4 Å². The summed E-state index contributed by atoms with van der Waals surface area (Å²) in [6.07, 6.45) is 4.83. The molecule has 134 valence electrons. The second-order valence-electron chi connectivity index (χ2n) is 7.82. The molecule has 1 atom stereocenters. The van der Waals surface area contributed by atoms with E-state index in [4.69, 9.17) is 4.74 Å². The third-order valence-electron chi connectivity index (χ3n) is 6.17. The molecule has 0 bridgehead atoms. The molecule has 1 aromatic rings. The van der Waals surface area contributed by atoms with Crippen LogP contribution < -0.4 is 0 Å². The Morgan fingerprint density at radius 2 is 1.84 bits per heavy atom. The highest BCUT2D eigenvalue weighted by molar-refractivity contribution is 5.85. The SMILES string of the molecule is COC(=O)N1CCC2(CC1)C[C@@H](c1ccccc1)C(=O)N(C1CC1)C2. The Morgan fingerprint density at radius 3 is 2.44 bits per heavy atom. The van der Waals surface area contributed by atoms with E-state index in [1.54, 1.807) is 4.90 Å². The average molecular weight is 342 g/mol. The Labute approximate surface area is 148 Å². The fourth-order valence-electron chi connectivity index (χ4n) is 4.52. The fourth-order valence-corrected chi connectivity index (χ4v) is 4.52. The van der Waals surface area contributed by atoms with E-state index in [0.717, 1.165) is 57.3 Å². The molecule has 0 unspecified atom stereocenters. The molecular formula is C20H26N2O3. The van der Waals surface area contributed by atoms with Crippen LogP contribution in [0.25, 0.3) is 0 Å². The van der Waals surface area contributed by atoms with Crippen molar-refractivity contribution in [2.24, 2.45) is 5.41 Å². The second kappa shape index (κ2) is 6.36. The van der Waals surface area contributed by atoms with E-state index in [1.807, 2.05) is 18.2 Å². The molecule has 2 amide bonds. The molecule has 3 aliphatic rings. The molecule has 1 aromatic carbocycles. The van der Waals surface area contributed by atoms with E-state index >= 15 is 0 Å². The van der Waals surface area contributed by atoms with Crippen molar-refractivity contribution in [1.82, 2.24) is 9.80 Å². The molecule has 4 rings (SSSR count). The van der Waals surface area contributed by atoms with E-state index in [2.05, 4.69) is 17.0 Å². The summed E-state index contributed by atoms with van der Waals surface area (Å²) in [5, 5.41) is 0. The number of ether oxygens (including phenoxy) is 1. The Kier molecular flexibility index (Phi) is 4.18. The summed E-state index contributed by atoms with van der Waals surface area (Å²) >= 11 is 0. The van der Waals surface area contributed by atoms with Crippen molar-refractivity contribution in [1.29, 1.82) is 0 Å². The lowest BCUT2D eigenvalue weighted by molar-refractivity contribution is -0.142. The third kappa shape index (κ3) is 3.12. The summed E-state index contributed by atoms with van der Waals surface area (Å²) in [5.74, 6) is 0.259. The number of nitrogens with zero attached hydrogens (tertiary/aromatic N) is 2. The molecule has 5 heteroatoms. The number of methoxy groups -OCH3 is 1. The Balaban J connectivity index is 1.56. The van der Waals surface area contributed by atoms with Crippen molar-refractivity contribution in [3.8, 4) is 0 Å². The number of amides is 2. The minimum Gasteiger partial charge on any atom is -0.453 e. The van der Waals surface area contributed by atoms with Crippen molar-refractivity contribution in [2.75, 3.05) is 26.7 Å². The first-order valence-corrected chi connectivity index (χ1v) is 9.30. The molecule has 1 aliphatic carbocycles. The highest BCUT2D eigenvalue weighted by Crippen LogP contribution is 2.48. The van der Waals surface area contributed by atoms with Crippen LogP contribution in [0.2, 0.25) is 0 Å². The van der Waals surface area contributed by atoms with Gasteiger partial charge in [-0.15, -0.1) is 0 Å². The van der Waals surface area contributed by atoms with Gasteiger partial charge < -0.3 is 14.5 Å². The Hall–Kier alpha value is -2.04. The molecule has 2 aliphatic heterocycles. The zero-order valence-corrected chi connectivity index (χ0v) is 14.8. The largest absolute Gasteiger partial charge is 0.453 e. The van der Waals surface area contributed by atoms with E-state index in [9.17, 15) is 9.59 Å². The van der Waals surface area contributed by atoms with Crippen LogP contribution in [0, 0.1) is 5.41 Å². The first kappa shape index (κ1) is 16.4. The van der Waals surface area contributed by atoms with Gasteiger partial charge in [0.15, 0.2) is 0 Å². The van der Waals surface area contributed by atoms with E-state index in [0.29, 0.717) is 11.9 Å². The maximum Gasteiger partial charge on any atom is 0.409 e. The van der Waals surface area contributed by atoms with Gasteiger partial charge in [-0.05, 0) is 43.1 Å². The number of hydrogen-bond acceptors (Lipinski definition) is 3. The van der Waals surface area contributed by atoms with Crippen molar-refractivity contribution < 1.29 is 14.3 Å². The summed E-state index contributed by atoms with van der Waals surface area (Å²) < 4.78 is 4.86. The number of carbonyl (C=O) groups is 2. The number of benzene rings is 1. The maximum absolute atomic E-state index is 13.1. The molecule has 1 spiro atoms. The van der Waals surface area contributed by atoms with Crippen LogP contribution in [0.5, 0.6) is 0 Å². The predicted molar refractivity (Wildman–Crippen MR) is 94.2 cm³/mol. The van der Waals surface area contributed by atoms with Gasteiger partial charge in [0.25, 0.3) is 0 Å². The molecule has 0 radical (unpaired) electrons. The molecule has 1 saturated carbocycles. The van der Waals surface area contributed by atoms with Gasteiger partial charge in [0.2, 0.25) is 5.91 Å². The van der Waals surface area contributed by atoms with Crippen molar-refractivity contribution in [2.45, 2.75) is 44.1 Å². The minimum atomic E-state index is -0.236. The molecule has 2 heterocycles. The quantitative estimate of drug-likeness (QED) is 0.830. The van der Waals surface area contributed by atoms with Crippen molar-refractivity contribution in [3.05, 3.63) is 35.9 Å². The van der Waals surface area contributed by atoms with E-state index < -0.39 is 0 Å². The topological polar surface area (TPSA) is 49.9 Å². The highest BCUT2D eigenvalue weighted by Gasteiger charge is 2.49. The predicted octanol–water partition coefficient (Wildman–Crippen LogP) is 3.01. The van der Waals surface area contributed by atoms with Crippen LogP contribution in [-0.4, -0.2) is 54.6 Å².